The number of nitrogens with zero attached hydrogens (tertiary/aromatic N) is 2. The fourth-order valence-corrected chi connectivity index (χ4v) is 2.87. The second-order valence-electron chi connectivity index (χ2n) is 5.62. The van der Waals surface area contributed by atoms with E-state index in [0.717, 1.165) is 37.7 Å². The van der Waals surface area contributed by atoms with Crippen LogP contribution in [0.4, 0.5) is 5.82 Å². The van der Waals surface area contributed by atoms with Crippen LogP contribution in [0.3, 0.4) is 0 Å². The molecule has 0 amide bonds. The molecule has 0 bridgehead atoms. The number of hydrogen-bond donors (Lipinski definition) is 1. The fourth-order valence-electron chi connectivity index (χ4n) is 2.87. The third-order valence-corrected chi connectivity index (χ3v) is 4.18. The van der Waals surface area contributed by atoms with E-state index in [2.05, 4.69) is 30.9 Å². The summed E-state index contributed by atoms with van der Waals surface area (Å²) in [5.41, 5.74) is 8.22. The van der Waals surface area contributed by atoms with Gasteiger partial charge in [0.15, 0.2) is 0 Å². The molecule has 2 rings (SSSR count). The summed E-state index contributed by atoms with van der Waals surface area (Å²) in [5, 5.41) is 0. The predicted octanol–water partition coefficient (Wildman–Crippen LogP) is 3.12. The minimum Gasteiger partial charge on any atom is -0.357 e. The van der Waals surface area contributed by atoms with Gasteiger partial charge >= 0.3 is 0 Å². The molecule has 0 aromatic carbocycles. The molecule has 0 radical (unpaired) electrons. The van der Waals surface area contributed by atoms with Crippen molar-refractivity contribution in [3.05, 3.63) is 23.4 Å². The highest BCUT2D eigenvalue weighted by molar-refractivity contribution is 5.43. The Morgan fingerprint density at radius 2 is 2.00 bits per heavy atom. The largest absolute Gasteiger partial charge is 0.357 e. The van der Waals surface area contributed by atoms with E-state index < -0.39 is 0 Å². The lowest BCUT2D eigenvalue weighted by Gasteiger charge is -2.32. The number of rotatable bonds is 5. The summed E-state index contributed by atoms with van der Waals surface area (Å²) in [6.45, 7) is 7.39. The Morgan fingerprint density at radius 1 is 1.26 bits per heavy atom. The van der Waals surface area contributed by atoms with Crippen molar-refractivity contribution in [2.75, 3.05) is 18.0 Å². The van der Waals surface area contributed by atoms with Crippen molar-refractivity contribution in [2.24, 2.45) is 11.7 Å². The third-order valence-electron chi connectivity index (χ3n) is 4.18. The molecule has 3 heteroatoms. The summed E-state index contributed by atoms with van der Waals surface area (Å²) in [6, 6.07) is 4.33. The van der Waals surface area contributed by atoms with E-state index in [-0.39, 0.29) is 0 Å². The minimum absolute atomic E-state index is 0.609. The summed E-state index contributed by atoms with van der Waals surface area (Å²) < 4.78 is 0. The number of anilines is 1. The summed E-state index contributed by atoms with van der Waals surface area (Å²) in [7, 11) is 0. The highest BCUT2D eigenvalue weighted by atomic mass is 15.2. The molecule has 2 heterocycles. The molecule has 106 valence electrons. The highest BCUT2D eigenvalue weighted by Gasteiger charge is 2.19. The molecule has 1 aliphatic heterocycles. The lowest BCUT2D eigenvalue weighted by Crippen LogP contribution is -2.34. The van der Waals surface area contributed by atoms with Gasteiger partial charge in [-0.25, -0.2) is 4.98 Å². The second-order valence-corrected chi connectivity index (χ2v) is 5.62. The second kappa shape index (κ2) is 6.90. The zero-order chi connectivity index (χ0) is 13.7. The maximum Gasteiger partial charge on any atom is 0.129 e. The summed E-state index contributed by atoms with van der Waals surface area (Å²) in [4.78, 5) is 7.25. The SMILES string of the molecule is CCCc1cc(CN)cc(N2CCC(CC)CC2)n1. The van der Waals surface area contributed by atoms with Gasteiger partial charge in [0.25, 0.3) is 0 Å². The molecule has 0 spiro atoms. The maximum absolute atomic E-state index is 5.81. The Kier molecular flexibility index (Phi) is 5.20. The van der Waals surface area contributed by atoms with Crippen LogP contribution >= 0.6 is 0 Å². The van der Waals surface area contributed by atoms with Gasteiger partial charge in [0.05, 0.1) is 0 Å². The van der Waals surface area contributed by atoms with E-state index in [1.807, 2.05) is 0 Å². The van der Waals surface area contributed by atoms with Gasteiger partial charge in [-0.1, -0.05) is 26.7 Å². The number of nitrogens with two attached hydrogens (primary N) is 1. The first-order valence-electron chi connectivity index (χ1n) is 7.71. The molecule has 1 aliphatic rings. The Balaban J connectivity index is 2.12. The molecule has 0 aliphatic carbocycles. The van der Waals surface area contributed by atoms with Crippen LogP contribution in [-0.4, -0.2) is 18.1 Å². The number of aryl methyl sites for hydroxylation is 1. The van der Waals surface area contributed by atoms with Crippen LogP contribution in [0.1, 0.15) is 50.8 Å². The van der Waals surface area contributed by atoms with Crippen molar-refractivity contribution in [3.63, 3.8) is 0 Å². The molecule has 19 heavy (non-hydrogen) atoms. The van der Waals surface area contributed by atoms with Crippen LogP contribution in [0, 0.1) is 5.92 Å². The average molecular weight is 261 g/mol. The Bertz CT molecular complexity index is 395. The summed E-state index contributed by atoms with van der Waals surface area (Å²) in [5.74, 6) is 2.05. The molecule has 0 saturated carbocycles. The molecule has 1 fully saturated rings. The first kappa shape index (κ1) is 14.3. The molecule has 3 nitrogen and oxygen atoms in total. The normalized spacial score (nSPS) is 16.9. The lowest BCUT2D eigenvalue weighted by molar-refractivity contribution is 0.393. The van der Waals surface area contributed by atoms with Crippen LogP contribution in [0.15, 0.2) is 12.1 Å². The van der Waals surface area contributed by atoms with Gasteiger partial charge in [-0.2, -0.15) is 0 Å². The van der Waals surface area contributed by atoms with E-state index in [4.69, 9.17) is 10.7 Å². The Morgan fingerprint density at radius 3 is 2.58 bits per heavy atom. The third kappa shape index (κ3) is 3.69. The van der Waals surface area contributed by atoms with Crippen molar-refractivity contribution in [3.8, 4) is 0 Å². The Hall–Kier alpha value is -1.09. The van der Waals surface area contributed by atoms with E-state index in [0.29, 0.717) is 6.54 Å². The van der Waals surface area contributed by atoms with Crippen molar-refractivity contribution in [2.45, 2.75) is 52.5 Å². The zero-order valence-electron chi connectivity index (χ0n) is 12.4. The first-order chi connectivity index (χ1) is 9.26. The lowest BCUT2D eigenvalue weighted by atomic mass is 9.94. The van der Waals surface area contributed by atoms with Gasteiger partial charge in [-0.15, -0.1) is 0 Å². The number of aromatic nitrogens is 1. The van der Waals surface area contributed by atoms with Crippen LogP contribution in [0.5, 0.6) is 0 Å². The molecule has 1 aromatic rings. The monoisotopic (exact) mass is 261 g/mol. The summed E-state index contributed by atoms with van der Waals surface area (Å²) in [6.07, 6.45) is 6.10. The zero-order valence-corrected chi connectivity index (χ0v) is 12.4. The number of piperidine rings is 1. The fraction of sp³-hybridized carbons (Fsp3) is 0.688. The quantitative estimate of drug-likeness (QED) is 0.885. The van der Waals surface area contributed by atoms with Crippen LogP contribution in [0.2, 0.25) is 0 Å². The van der Waals surface area contributed by atoms with E-state index in [1.54, 1.807) is 0 Å². The van der Waals surface area contributed by atoms with Crippen LogP contribution in [-0.2, 0) is 13.0 Å². The first-order valence-corrected chi connectivity index (χ1v) is 7.71. The smallest absolute Gasteiger partial charge is 0.129 e. The molecule has 2 N–H and O–H groups in total. The van der Waals surface area contributed by atoms with Crippen LogP contribution in [0.25, 0.3) is 0 Å². The van der Waals surface area contributed by atoms with E-state index >= 15 is 0 Å². The van der Waals surface area contributed by atoms with Crippen molar-refractivity contribution < 1.29 is 0 Å². The highest BCUT2D eigenvalue weighted by Crippen LogP contribution is 2.25. The molecule has 1 saturated heterocycles. The minimum atomic E-state index is 0.609. The number of hydrogen-bond acceptors (Lipinski definition) is 3. The molecular formula is C16H27N3. The molecule has 0 unspecified atom stereocenters. The maximum atomic E-state index is 5.81. The van der Waals surface area contributed by atoms with Gasteiger partial charge in [-0.05, 0) is 42.9 Å². The van der Waals surface area contributed by atoms with Gasteiger partial charge in [0.1, 0.15) is 5.82 Å². The predicted molar refractivity (Wildman–Crippen MR) is 81.4 cm³/mol. The van der Waals surface area contributed by atoms with Gasteiger partial charge in [-0.3, -0.25) is 0 Å². The number of pyridine rings is 1. The van der Waals surface area contributed by atoms with Gasteiger partial charge < -0.3 is 10.6 Å². The van der Waals surface area contributed by atoms with Crippen LogP contribution < -0.4 is 10.6 Å². The average Bonchev–Trinajstić information content (AvgIpc) is 2.47. The van der Waals surface area contributed by atoms with E-state index in [1.165, 1.54) is 30.5 Å². The summed E-state index contributed by atoms with van der Waals surface area (Å²) >= 11 is 0. The molecule has 1 aromatic heterocycles. The van der Waals surface area contributed by atoms with Crippen molar-refractivity contribution in [1.82, 2.24) is 4.98 Å². The van der Waals surface area contributed by atoms with Crippen molar-refractivity contribution in [1.29, 1.82) is 0 Å². The van der Waals surface area contributed by atoms with Gasteiger partial charge in [0.2, 0.25) is 0 Å². The Labute approximate surface area is 117 Å². The van der Waals surface area contributed by atoms with Crippen molar-refractivity contribution >= 4 is 5.82 Å². The molecular weight excluding hydrogens is 234 g/mol. The van der Waals surface area contributed by atoms with E-state index in [9.17, 15) is 0 Å². The topological polar surface area (TPSA) is 42.1 Å². The van der Waals surface area contributed by atoms with Gasteiger partial charge in [0, 0.05) is 25.3 Å². The molecule has 0 atom stereocenters. The standard InChI is InChI=1S/C16H27N3/c1-3-5-15-10-14(12-17)11-16(18-15)19-8-6-13(4-2)7-9-19/h10-11,13H,3-9,12,17H2,1-2H3.